The number of methoxy groups -OCH3 is 3. The molecule has 4 nitrogen and oxygen atoms in total. The second kappa shape index (κ2) is 9.35. The van der Waals surface area contributed by atoms with Crippen LogP contribution < -0.4 is 38.4 Å². The Morgan fingerprint density at radius 3 is 2.13 bits per heavy atom. The quantitative estimate of drug-likeness (QED) is 0.544. The van der Waals surface area contributed by atoms with Crippen LogP contribution >= 0.6 is 24.5 Å². The molecule has 0 saturated carbocycles. The van der Waals surface area contributed by atoms with Crippen LogP contribution in [0.4, 0.5) is 0 Å². The number of ether oxygens (including phenoxy) is 3. The van der Waals surface area contributed by atoms with E-state index in [1.165, 1.54) is 21.3 Å². The number of benzene rings is 2. The Morgan fingerprint density at radius 2 is 1.61 bits per heavy atom. The van der Waals surface area contributed by atoms with Gasteiger partial charge in [-0.15, -0.1) is 0 Å². The van der Waals surface area contributed by atoms with Crippen molar-refractivity contribution in [3.63, 3.8) is 0 Å². The van der Waals surface area contributed by atoms with Gasteiger partial charge in [0, 0.05) is 11.6 Å². The van der Waals surface area contributed by atoms with E-state index in [1.54, 1.807) is 6.07 Å². The molecular weight excluding hydrogens is 374 g/mol. The third-order valence-corrected chi connectivity index (χ3v) is 4.55. The minimum Gasteiger partial charge on any atom is -0.495 e. The second-order valence-electron chi connectivity index (χ2n) is 4.25. The molecule has 2 rings (SSSR count). The molecule has 0 heterocycles. The molecule has 0 aliphatic heterocycles. The molecular formula is C16H15BrLiO4P. The van der Waals surface area contributed by atoms with Crippen molar-refractivity contribution in [3.05, 3.63) is 46.4 Å². The van der Waals surface area contributed by atoms with Crippen molar-refractivity contribution in [1.82, 2.24) is 0 Å². The van der Waals surface area contributed by atoms with Crippen LogP contribution in [-0.4, -0.2) is 26.9 Å². The molecule has 0 unspecified atom stereocenters. The summed E-state index contributed by atoms with van der Waals surface area (Å²) >= 11 is 3.40. The van der Waals surface area contributed by atoms with E-state index in [1.807, 2.05) is 30.3 Å². The van der Waals surface area contributed by atoms with Crippen LogP contribution in [0, 0.1) is 0 Å². The van der Waals surface area contributed by atoms with Gasteiger partial charge in [0.25, 0.3) is 0 Å². The van der Waals surface area contributed by atoms with Crippen molar-refractivity contribution >= 4 is 35.3 Å². The molecule has 0 atom stereocenters. The zero-order chi connectivity index (χ0) is 16.1. The summed E-state index contributed by atoms with van der Waals surface area (Å²) in [4.78, 5) is 12.7. The van der Waals surface area contributed by atoms with E-state index >= 15 is 0 Å². The van der Waals surface area contributed by atoms with Crippen LogP contribution in [0.2, 0.25) is 0 Å². The van der Waals surface area contributed by atoms with E-state index in [9.17, 15) is 4.79 Å². The molecule has 0 saturated heterocycles. The molecule has 7 heteroatoms. The Balaban J connectivity index is 0.00000264. The Labute approximate surface area is 158 Å². The predicted octanol–water partition coefficient (Wildman–Crippen LogP) is 0.891. The van der Waals surface area contributed by atoms with E-state index in [-0.39, 0.29) is 24.4 Å². The molecule has 0 spiro atoms. The van der Waals surface area contributed by atoms with Gasteiger partial charge in [-0.05, 0) is 15.9 Å². The molecule has 0 N–H and O–H groups in total. The largest absolute Gasteiger partial charge is 1.00 e. The molecule has 0 amide bonds. The zero-order valence-corrected chi connectivity index (χ0v) is 15.9. The number of halogens is 1. The Bertz CT molecular complexity index is 680. The van der Waals surface area contributed by atoms with E-state index in [4.69, 9.17) is 14.2 Å². The standard InChI is InChI=1S/C16H15BrO4P.Li/c1-19-12-9-11(17)14(20-2)13(15(12)21-3)16(18)22-10-7-5-4-6-8-10;/h4-9H,1-3H3;/q-1;+1. The summed E-state index contributed by atoms with van der Waals surface area (Å²) in [5.41, 5.74) is 0.237. The van der Waals surface area contributed by atoms with Crippen LogP contribution in [0.5, 0.6) is 17.2 Å². The fourth-order valence-corrected chi connectivity index (χ4v) is 3.45. The van der Waals surface area contributed by atoms with Crippen molar-refractivity contribution in [2.75, 3.05) is 21.3 Å². The first-order valence-corrected chi connectivity index (χ1v) is 8.10. The normalized spacial score (nSPS) is 10.3. The molecule has 0 aromatic heterocycles. The zero-order valence-electron chi connectivity index (χ0n) is 13.4. The fraction of sp³-hybridized carbons (Fsp3) is 0.188. The predicted molar refractivity (Wildman–Crippen MR) is 91.1 cm³/mol. The molecule has 0 radical (unpaired) electrons. The van der Waals surface area contributed by atoms with Gasteiger partial charge in [-0.1, -0.05) is 30.3 Å². The third kappa shape index (κ3) is 4.52. The average Bonchev–Trinajstić information content (AvgIpc) is 2.54. The minimum absolute atomic E-state index is 0. The van der Waals surface area contributed by atoms with Gasteiger partial charge in [-0.3, -0.25) is 0 Å². The number of carbonyl (C=O) groups is 1. The summed E-state index contributed by atoms with van der Waals surface area (Å²) in [6.07, 6.45) is 0. The van der Waals surface area contributed by atoms with Crippen LogP contribution in [0.25, 0.3) is 0 Å². The average molecular weight is 389 g/mol. The maximum Gasteiger partial charge on any atom is 1.00 e. The first kappa shape index (κ1) is 20.1. The number of hydrogen-bond donors (Lipinski definition) is 0. The van der Waals surface area contributed by atoms with Crippen LogP contribution in [0.1, 0.15) is 10.4 Å². The maximum absolute atomic E-state index is 12.7. The maximum atomic E-state index is 12.7. The van der Waals surface area contributed by atoms with Crippen molar-refractivity contribution in [2.24, 2.45) is 0 Å². The second-order valence-corrected chi connectivity index (χ2v) is 6.26. The summed E-state index contributed by atoms with van der Waals surface area (Å²) < 4.78 is 16.7. The number of rotatable bonds is 6. The van der Waals surface area contributed by atoms with Gasteiger partial charge in [-0.2, -0.15) is 5.30 Å². The first-order chi connectivity index (χ1) is 10.6. The van der Waals surface area contributed by atoms with Crippen LogP contribution in [0.15, 0.2) is 40.9 Å². The number of hydrogen-bond acceptors (Lipinski definition) is 4. The van der Waals surface area contributed by atoms with Crippen LogP contribution in [0.3, 0.4) is 0 Å². The first-order valence-electron chi connectivity index (χ1n) is 6.42. The molecule has 2 aromatic carbocycles. The molecule has 0 aliphatic rings. The number of carbonyl (C=O) groups excluding carboxylic acids is 1. The Morgan fingerprint density at radius 1 is 1.00 bits per heavy atom. The van der Waals surface area contributed by atoms with Gasteiger partial charge in [-0.25, -0.2) is 0 Å². The van der Waals surface area contributed by atoms with Gasteiger partial charge in [0.05, 0.1) is 31.4 Å². The molecule has 0 aliphatic carbocycles. The molecule has 116 valence electrons. The Hall–Kier alpha value is -0.983. The summed E-state index contributed by atoms with van der Waals surface area (Å²) in [6.45, 7) is 0. The van der Waals surface area contributed by atoms with Gasteiger partial charge in [0.15, 0.2) is 11.5 Å². The fourth-order valence-electron chi connectivity index (χ4n) is 2.02. The van der Waals surface area contributed by atoms with Crippen LogP contribution in [-0.2, 0) is 0 Å². The summed E-state index contributed by atoms with van der Waals surface area (Å²) in [5, 5.41) is 0.899. The summed E-state index contributed by atoms with van der Waals surface area (Å²) in [7, 11) is 5.09. The van der Waals surface area contributed by atoms with E-state index in [2.05, 4.69) is 15.9 Å². The van der Waals surface area contributed by atoms with Gasteiger partial charge in [0.1, 0.15) is 5.75 Å². The van der Waals surface area contributed by atoms with Crippen molar-refractivity contribution in [2.45, 2.75) is 0 Å². The molecule has 23 heavy (non-hydrogen) atoms. The van der Waals surface area contributed by atoms with Gasteiger partial charge >= 0.3 is 18.9 Å². The smallest absolute Gasteiger partial charge is 0.495 e. The van der Waals surface area contributed by atoms with Crippen molar-refractivity contribution < 1.29 is 37.9 Å². The molecule has 0 fully saturated rings. The SMILES string of the molecule is COc1cc(Br)c(OC)c(C(=O)[P-]c2ccccc2)c1OC.[Li+]. The molecule has 0 bridgehead atoms. The Kier molecular flexibility index (Phi) is 8.15. The van der Waals surface area contributed by atoms with Gasteiger partial charge in [0.2, 0.25) is 0 Å². The minimum atomic E-state index is -0.125. The monoisotopic (exact) mass is 388 g/mol. The third-order valence-electron chi connectivity index (χ3n) is 2.98. The topological polar surface area (TPSA) is 44.8 Å². The van der Waals surface area contributed by atoms with Crippen molar-refractivity contribution in [3.8, 4) is 17.2 Å². The van der Waals surface area contributed by atoms with E-state index < -0.39 is 0 Å². The van der Waals surface area contributed by atoms with E-state index in [0.717, 1.165) is 5.30 Å². The summed E-state index contributed by atoms with van der Waals surface area (Å²) in [5.74, 6) is 1.28. The molecule has 2 aromatic rings. The van der Waals surface area contributed by atoms with Gasteiger partial charge < -0.3 is 27.6 Å². The summed E-state index contributed by atoms with van der Waals surface area (Å²) in [6, 6.07) is 11.2. The van der Waals surface area contributed by atoms with E-state index in [0.29, 0.717) is 35.9 Å². The van der Waals surface area contributed by atoms with Crippen molar-refractivity contribution in [1.29, 1.82) is 0 Å².